The van der Waals surface area contributed by atoms with Crippen LogP contribution in [-0.2, 0) is 6.54 Å². The second-order valence-corrected chi connectivity index (χ2v) is 6.87. The molecule has 0 aliphatic carbocycles. The number of aryl methyl sites for hydroxylation is 1. The van der Waals surface area contributed by atoms with Gasteiger partial charge in [0.05, 0.1) is 12.5 Å². The predicted molar refractivity (Wildman–Crippen MR) is 95.1 cm³/mol. The van der Waals surface area contributed by atoms with Gasteiger partial charge < -0.3 is 4.57 Å². The zero-order chi connectivity index (χ0) is 13.4. The Morgan fingerprint density at radius 3 is 1.95 bits per heavy atom. The molecule has 0 unspecified atom stereocenters. The van der Waals surface area contributed by atoms with E-state index in [1.54, 1.807) is 0 Å². The molecule has 0 amide bonds. The van der Waals surface area contributed by atoms with E-state index in [9.17, 15) is 0 Å². The number of aromatic nitrogens is 1. The van der Waals surface area contributed by atoms with Crippen molar-refractivity contribution in [1.29, 1.82) is 5.26 Å². The molecule has 1 heterocycles. The summed E-state index contributed by atoms with van der Waals surface area (Å²) < 4.78 is 4.73. The van der Waals surface area contributed by atoms with E-state index in [-0.39, 0.29) is 0 Å². The standard InChI is InChI=1S/C15H10I2N2/c16-10-2-4-14-12(8-10)13-9-11(17)3-5-15(13)19(14)7-1-6-18/h2-5,8-9H,1,7H2. The van der Waals surface area contributed by atoms with Gasteiger partial charge in [-0.2, -0.15) is 5.26 Å². The quantitative estimate of drug-likeness (QED) is 0.488. The Morgan fingerprint density at radius 1 is 0.947 bits per heavy atom. The lowest BCUT2D eigenvalue weighted by Crippen LogP contribution is -1.96. The lowest BCUT2D eigenvalue weighted by Gasteiger charge is -2.04. The summed E-state index contributed by atoms with van der Waals surface area (Å²) in [4.78, 5) is 0. The minimum atomic E-state index is 0.539. The first kappa shape index (κ1) is 13.2. The molecule has 3 rings (SSSR count). The number of hydrogen-bond donors (Lipinski definition) is 0. The maximum absolute atomic E-state index is 8.83. The van der Waals surface area contributed by atoms with Gasteiger partial charge in [-0.05, 0) is 81.6 Å². The molecule has 0 bridgehead atoms. The summed E-state index contributed by atoms with van der Waals surface area (Å²) in [6.45, 7) is 0.748. The molecule has 2 nitrogen and oxygen atoms in total. The second-order valence-electron chi connectivity index (χ2n) is 4.38. The highest BCUT2D eigenvalue weighted by molar-refractivity contribution is 14.1. The smallest absolute Gasteiger partial charge is 0.0640 e. The fourth-order valence-electron chi connectivity index (χ4n) is 2.45. The first-order chi connectivity index (χ1) is 9.20. The molecule has 1 aromatic heterocycles. The van der Waals surface area contributed by atoms with Crippen LogP contribution in [0.5, 0.6) is 0 Å². The van der Waals surface area contributed by atoms with E-state index in [2.05, 4.69) is 92.2 Å². The molecule has 0 spiro atoms. The van der Waals surface area contributed by atoms with Gasteiger partial charge in [0.15, 0.2) is 0 Å². The van der Waals surface area contributed by atoms with Crippen molar-refractivity contribution in [3.8, 4) is 6.07 Å². The molecule has 0 radical (unpaired) electrons. The molecule has 0 saturated heterocycles. The Morgan fingerprint density at radius 2 is 1.47 bits per heavy atom. The summed E-state index contributed by atoms with van der Waals surface area (Å²) in [6, 6.07) is 15.2. The minimum Gasteiger partial charge on any atom is -0.339 e. The summed E-state index contributed by atoms with van der Waals surface area (Å²) in [5.74, 6) is 0. The molecule has 2 aromatic carbocycles. The van der Waals surface area contributed by atoms with Gasteiger partial charge in [-0.3, -0.25) is 0 Å². The SMILES string of the molecule is N#CCCn1c2ccc(I)cc2c2cc(I)ccc21. The van der Waals surface area contributed by atoms with Gasteiger partial charge in [0.25, 0.3) is 0 Å². The molecular weight excluding hydrogens is 462 g/mol. The van der Waals surface area contributed by atoms with E-state index in [1.165, 1.54) is 28.9 Å². The average molecular weight is 472 g/mol. The monoisotopic (exact) mass is 472 g/mol. The van der Waals surface area contributed by atoms with Crippen LogP contribution in [0.3, 0.4) is 0 Å². The summed E-state index contributed by atoms with van der Waals surface area (Å²) >= 11 is 4.69. The summed E-state index contributed by atoms with van der Waals surface area (Å²) in [5.41, 5.74) is 2.43. The van der Waals surface area contributed by atoms with Crippen LogP contribution in [0, 0.1) is 18.5 Å². The minimum absolute atomic E-state index is 0.539. The lowest BCUT2D eigenvalue weighted by molar-refractivity contribution is 0.768. The van der Waals surface area contributed by atoms with Crippen molar-refractivity contribution < 1.29 is 0 Å². The Bertz CT molecular complexity index is 753. The first-order valence-corrected chi connectivity index (χ1v) is 8.10. The summed E-state index contributed by atoms with van der Waals surface area (Å²) in [6.07, 6.45) is 0.539. The summed E-state index contributed by atoms with van der Waals surface area (Å²) in [5, 5.41) is 11.4. The highest BCUT2D eigenvalue weighted by Crippen LogP contribution is 2.31. The molecule has 0 aliphatic rings. The normalized spacial score (nSPS) is 11.0. The van der Waals surface area contributed by atoms with Crippen LogP contribution in [0.4, 0.5) is 0 Å². The van der Waals surface area contributed by atoms with Crippen molar-refractivity contribution in [2.45, 2.75) is 13.0 Å². The molecule has 3 aromatic rings. The van der Waals surface area contributed by atoms with Crippen LogP contribution in [0.25, 0.3) is 21.8 Å². The highest BCUT2D eigenvalue weighted by Gasteiger charge is 2.10. The molecular formula is C15H10I2N2. The maximum atomic E-state index is 8.83. The maximum Gasteiger partial charge on any atom is 0.0640 e. The zero-order valence-corrected chi connectivity index (χ0v) is 14.3. The van der Waals surface area contributed by atoms with E-state index in [0.29, 0.717) is 6.42 Å². The Hall–Kier alpha value is -0.810. The van der Waals surface area contributed by atoms with Crippen LogP contribution in [0.2, 0.25) is 0 Å². The number of rotatable bonds is 2. The number of benzene rings is 2. The van der Waals surface area contributed by atoms with Gasteiger partial charge in [-0.1, -0.05) is 0 Å². The Balaban J connectivity index is 2.40. The van der Waals surface area contributed by atoms with Gasteiger partial charge >= 0.3 is 0 Å². The van der Waals surface area contributed by atoms with Gasteiger partial charge in [0.1, 0.15) is 0 Å². The lowest BCUT2D eigenvalue weighted by atomic mass is 10.2. The van der Waals surface area contributed by atoms with E-state index in [4.69, 9.17) is 5.26 Å². The second kappa shape index (κ2) is 5.29. The number of hydrogen-bond acceptors (Lipinski definition) is 1. The van der Waals surface area contributed by atoms with Crippen molar-refractivity contribution >= 4 is 67.0 Å². The van der Waals surface area contributed by atoms with Crippen molar-refractivity contribution in [1.82, 2.24) is 4.57 Å². The van der Waals surface area contributed by atoms with E-state index in [1.807, 2.05) is 0 Å². The molecule has 0 atom stereocenters. The van der Waals surface area contributed by atoms with Gasteiger partial charge in [-0.25, -0.2) is 0 Å². The molecule has 0 saturated carbocycles. The molecule has 4 heteroatoms. The largest absolute Gasteiger partial charge is 0.339 e. The first-order valence-electron chi connectivity index (χ1n) is 5.94. The summed E-state index contributed by atoms with van der Waals surface area (Å²) in [7, 11) is 0. The molecule has 0 N–H and O–H groups in total. The third kappa shape index (κ3) is 2.34. The zero-order valence-electron chi connectivity index (χ0n) is 10.0. The van der Waals surface area contributed by atoms with Gasteiger partial charge in [0, 0.05) is 35.5 Å². The number of halogens is 2. The van der Waals surface area contributed by atoms with Gasteiger partial charge in [0.2, 0.25) is 0 Å². The fraction of sp³-hybridized carbons (Fsp3) is 0.133. The van der Waals surface area contributed by atoms with Crippen molar-refractivity contribution in [3.63, 3.8) is 0 Å². The van der Waals surface area contributed by atoms with E-state index >= 15 is 0 Å². The average Bonchev–Trinajstić information content (AvgIpc) is 2.69. The molecule has 19 heavy (non-hydrogen) atoms. The van der Waals surface area contributed by atoms with Crippen LogP contribution in [0.1, 0.15) is 6.42 Å². The van der Waals surface area contributed by atoms with Crippen LogP contribution in [0.15, 0.2) is 36.4 Å². The van der Waals surface area contributed by atoms with Crippen LogP contribution >= 0.6 is 45.2 Å². The van der Waals surface area contributed by atoms with Crippen LogP contribution in [-0.4, -0.2) is 4.57 Å². The van der Waals surface area contributed by atoms with E-state index < -0.39 is 0 Å². The Kier molecular flexibility index (Phi) is 3.67. The van der Waals surface area contributed by atoms with E-state index in [0.717, 1.165) is 6.54 Å². The van der Waals surface area contributed by atoms with Gasteiger partial charge in [-0.15, -0.1) is 0 Å². The predicted octanol–water partition coefficient (Wildman–Crippen LogP) is 4.92. The number of nitriles is 1. The molecule has 0 fully saturated rings. The fourth-order valence-corrected chi connectivity index (χ4v) is 3.43. The van der Waals surface area contributed by atoms with Crippen molar-refractivity contribution in [2.75, 3.05) is 0 Å². The van der Waals surface area contributed by atoms with Crippen LogP contribution < -0.4 is 0 Å². The highest BCUT2D eigenvalue weighted by atomic mass is 127. The molecule has 94 valence electrons. The Labute approximate surface area is 138 Å². The number of fused-ring (bicyclic) bond motifs is 3. The third-order valence-corrected chi connectivity index (χ3v) is 4.58. The number of nitrogens with zero attached hydrogens (tertiary/aromatic N) is 2. The topological polar surface area (TPSA) is 28.7 Å². The van der Waals surface area contributed by atoms with Crippen molar-refractivity contribution in [3.05, 3.63) is 43.5 Å². The molecule has 0 aliphatic heterocycles. The third-order valence-electron chi connectivity index (χ3n) is 3.24. The van der Waals surface area contributed by atoms with Crippen molar-refractivity contribution in [2.24, 2.45) is 0 Å².